The Labute approximate surface area is 184 Å². The van der Waals surface area contributed by atoms with Gasteiger partial charge >= 0.3 is 0 Å². The average molecular weight is 438 g/mol. The van der Waals surface area contributed by atoms with Gasteiger partial charge in [0.25, 0.3) is 11.8 Å². The molecule has 1 unspecified atom stereocenters. The fourth-order valence-electron chi connectivity index (χ4n) is 3.25. The number of hydrogen-bond donors (Lipinski definition) is 2. The highest BCUT2D eigenvalue weighted by atomic mass is 35.5. The molecule has 0 bridgehead atoms. The van der Waals surface area contributed by atoms with Gasteiger partial charge in [0.05, 0.1) is 12.7 Å². The second-order valence-electron chi connectivity index (χ2n) is 6.82. The molecule has 1 aliphatic heterocycles. The van der Waals surface area contributed by atoms with Crippen LogP contribution in [-0.2, 0) is 4.79 Å². The Bertz CT molecular complexity index is 1090. The van der Waals surface area contributed by atoms with E-state index in [1.165, 1.54) is 5.01 Å². The van der Waals surface area contributed by atoms with Crippen molar-refractivity contribution in [3.8, 4) is 11.5 Å². The van der Waals surface area contributed by atoms with Gasteiger partial charge in [0.1, 0.15) is 17.7 Å². The number of halogens is 1. The number of hydrazine groups is 1. The Kier molecular flexibility index (Phi) is 5.95. The van der Waals surface area contributed by atoms with Gasteiger partial charge in [0, 0.05) is 10.7 Å². The van der Waals surface area contributed by atoms with E-state index in [0.717, 1.165) is 5.56 Å². The van der Waals surface area contributed by atoms with Crippen LogP contribution in [0.25, 0.3) is 0 Å². The van der Waals surface area contributed by atoms with Crippen LogP contribution >= 0.6 is 11.6 Å². The number of ether oxygens (including phenoxy) is 2. The highest BCUT2D eigenvalue weighted by molar-refractivity contribution is 6.31. The number of methoxy groups -OCH3 is 1. The van der Waals surface area contributed by atoms with E-state index in [0.29, 0.717) is 27.8 Å². The highest BCUT2D eigenvalue weighted by Gasteiger charge is 2.34. The number of rotatable bonds is 6. The first-order valence-corrected chi connectivity index (χ1v) is 9.94. The van der Waals surface area contributed by atoms with Gasteiger partial charge in [0.2, 0.25) is 0 Å². The summed E-state index contributed by atoms with van der Waals surface area (Å²) in [5.74, 6) is 0.348. The number of nitrogens with one attached hydrogen (secondary N) is 2. The molecule has 7 nitrogen and oxygen atoms in total. The summed E-state index contributed by atoms with van der Waals surface area (Å²) in [5.41, 5.74) is 4.49. The maximum absolute atomic E-state index is 13.2. The fraction of sp³-hybridized carbons (Fsp3) is 0.130. The predicted octanol–water partition coefficient (Wildman–Crippen LogP) is 4.03. The second-order valence-corrected chi connectivity index (χ2v) is 7.26. The molecule has 1 atom stereocenters. The smallest absolute Gasteiger partial charge is 0.276 e. The number of hydrogen-bond acceptors (Lipinski definition) is 5. The summed E-state index contributed by atoms with van der Waals surface area (Å²) >= 11 is 6.07. The lowest BCUT2D eigenvalue weighted by molar-refractivity contribution is -0.127. The van der Waals surface area contributed by atoms with Gasteiger partial charge in [-0.3, -0.25) is 15.0 Å². The zero-order chi connectivity index (χ0) is 21.8. The summed E-state index contributed by atoms with van der Waals surface area (Å²) in [6.07, 6.45) is -0.590. The monoisotopic (exact) mass is 437 g/mol. The number of amides is 2. The van der Waals surface area contributed by atoms with Crippen LogP contribution in [0.1, 0.15) is 22.1 Å². The van der Waals surface area contributed by atoms with Crippen molar-refractivity contribution in [2.24, 2.45) is 0 Å². The molecule has 8 heteroatoms. The van der Waals surface area contributed by atoms with E-state index < -0.39 is 12.1 Å². The lowest BCUT2D eigenvalue weighted by Gasteiger charge is -2.37. The van der Waals surface area contributed by atoms with E-state index in [4.69, 9.17) is 21.1 Å². The Morgan fingerprint density at radius 3 is 2.48 bits per heavy atom. The van der Waals surface area contributed by atoms with Crippen LogP contribution in [0, 0.1) is 0 Å². The number of anilines is 1. The Morgan fingerprint density at radius 2 is 1.77 bits per heavy atom. The normalized spacial score (nSPS) is 15.0. The van der Waals surface area contributed by atoms with Gasteiger partial charge in [-0.15, -0.1) is 0 Å². The maximum Gasteiger partial charge on any atom is 0.276 e. The van der Waals surface area contributed by atoms with E-state index in [2.05, 4.69) is 10.7 Å². The predicted molar refractivity (Wildman–Crippen MR) is 117 cm³/mol. The van der Waals surface area contributed by atoms with Crippen molar-refractivity contribution in [2.75, 3.05) is 19.0 Å². The molecule has 3 aromatic rings. The molecule has 31 heavy (non-hydrogen) atoms. The molecule has 1 aliphatic rings. The molecule has 0 fully saturated rings. The van der Waals surface area contributed by atoms with Crippen LogP contribution in [0.15, 0.2) is 72.8 Å². The van der Waals surface area contributed by atoms with Crippen molar-refractivity contribution in [3.63, 3.8) is 0 Å². The molecule has 2 amide bonds. The largest absolute Gasteiger partial charge is 0.497 e. The van der Waals surface area contributed by atoms with Crippen LogP contribution in [0.2, 0.25) is 5.02 Å². The minimum absolute atomic E-state index is 0.264. The second kappa shape index (κ2) is 8.97. The summed E-state index contributed by atoms with van der Waals surface area (Å²) in [5, 5.41) is 4.98. The molecule has 158 valence electrons. The summed E-state index contributed by atoms with van der Waals surface area (Å²) < 4.78 is 10.6. The zero-order valence-electron chi connectivity index (χ0n) is 16.7. The van der Waals surface area contributed by atoms with Crippen LogP contribution in [0.3, 0.4) is 0 Å². The minimum atomic E-state index is -0.590. The van der Waals surface area contributed by atoms with Gasteiger partial charge in [0.15, 0.2) is 6.61 Å². The van der Waals surface area contributed by atoms with Crippen molar-refractivity contribution in [3.05, 3.63) is 88.9 Å². The number of fused-ring (bicyclic) bond motifs is 1. The van der Waals surface area contributed by atoms with Crippen LogP contribution in [-0.4, -0.2) is 30.5 Å². The first-order chi connectivity index (χ1) is 15.0. The minimum Gasteiger partial charge on any atom is -0.497 e. The standard InChI is InChI=1S/C23H20ClN3O4/c1-30-17-8-10-18(11-9-17)31-14-21(28)26-27-22(15-5-3-2-4-6-15)25-20-12-7-16(24)13-19(20)23(27)29/h2-13,22,25H,14H2,1H3,(H,26,28). The van der Waals surface area contributed by atoms with Crippen molar-refractivity contribution in [2.45, 2.75) is 6.17 Å². The molecule has 2 N–H and O–H groups in total. The van der Waals surface area contributed by atoms with Crippen molar-refractivity contribution >= 4 is 29.1 Å². The highest BCUT2D eigenvalue weighted by Crippen LogP contribution is 2.33. The van der Waals surface area contributed by atoms with Crippen molar-refractivity contribution < 1.29 is 19.1 Å². The van der Waals surface area contributed by atoms with E-state index >= 15 is 0 Å². The quantitative estimate of drug-likeness (QED) is 0.608. The molecule has 0 aliphatic carbocycles. The number of nitrogens with zero attached hydrogens (tertiary/aromatic N) is 1. The van der Waals surface area contributed by atoms with E-state index in [-0.39, 0.29) is 12.5 Å². The molecule has 0 spiro atoms. The third-order valence-electron chi connectivity index (χ3n) is 4.77. The number of carbonyl (C=O) groups excluding carboxylic acids is 2. The first-order valence-electron chi connectivity index (χ1n) is 9.56. The summed E-state index contributed by atoms with van der Waals surface area (Å²) in [6.45, 7) is -0.264. The van der Waals surface area contributed by atoms with E-state index in [1.807, 2.05) is 30.3 Å². The van der Waals surface area contributed by atoms with Gasteiger partial charge in [-0.2, -0.15) is 0 Å². The lowest BCUT2D eigenvalue weighted by atomic mass is 10.0. The Balaban J connectivity index is 1.53. The fourth-order valence-corrected chi connectivity index (χ4v) is 3.42. The molecule has 0 saturated heterocycles. The van der Waals surface area contributed by atoms with E-state index in [9.17, 15) is 9.59 Å². The van der Waals surface area contributed by atoms with Gasteiger partial charge in [-0.25, -0.2) is 5.01 Å². The molecule has 4 rings (SSSR count). The van der Waals surface area contributed by atoms with Gasteiger partial charge < -0.3 is 14.8 Å². The summed E-state index contributed by atoms with van der Waals surface area (Å²) in [7, 11) is 1.57. The van der Waals surface area contributed by atoms with Gasteiger partial charge in [-0.1, -0.05) is 41.9 Å². The number of carbonyl (C=O) groups is 2. The molecule has 3 aromatic carbocycles. The van der Waals surface area contributed by atoms with Crippen LogP contribution in [0.4, 0.5) is 5.69 Å². The first kappa shape index (κ1) is 20.6. The lowest BCUT2D eigenvalue weighted by Crippen LogP contribution is -2.53. The SMILES string of the molecule is COc1ccc(OCC(=O)NN2C(=O)c3cc(Cl)ccc3NC2c2ccccc2)cc1. The molecular weight excluding hydrogens is 418 g/mol. The molecular formula is C23H20ClN3O4. The third kappa shape index (κ3) is 4.57. The maximum atomic E-state index is 13.2. The molecule has 0 saturated carbocycles. The number of benzene rings is 3. The Hall–Kier alpha value is -3.71. The Morgan fingerprint density at radius 1 is 1.06 bits per heavy atom. The zero-order valence-corrected chi connectivity index (χ0v) is 17.4. The van der Waals surface area contributed by atoms with Crippen molar-refractivity contribution in [1.29, 1.82) is 0 Å². The summed E-state index contributed by atoms with van der Waals surface area (Å²) in [4.78, 5) is 25.8. The molecule has 0 radical (unpaired) electrons. The average Bonchev–Trinajstić information content (AvgIpc) is 2.80. The molecule has 0 aromatic heterocycles. The van der Waals surface area contributed by atoms with E-state index in [1.54, 1.807) is 49.6 Å². The van der Waals surface area contributed by atoms with Gasteiger partial charge in [-0.05, 0) is 48.0 Å². The summed E-state index contributed by atoms with van der Waals surface area (Å²) in [6, 6.07) is 21.3. The third-order valence-corrected chi connectivity index (χ3v) is 5.01. The van der Waals surface area contributed by atoms with Crippen LogP contribution < -0.4 is 20.2 Å². The molecule has 1 heterocycles. The van der Waals surface area contributed by atoms with Crippen LogP contribution in [0.5, 0.6) is 11.5 Å². The van der Waals surface area contributed by atoms with Crippen molar-refractivity contribution in [1.82, 2.24) is 10.4 Å². The topological polar surface area (TPSA) is 79.9 Å².